The fourth-order valence-corrected chi connectivity index (χ4v) is 0.351. The Kier molecular flexibility index (Phi) is 4.95. The lowest BCUT2D eigenvalue weighted by Gasteiger charge is -2.08. The third-order valence-corrected chi connectivity index (χ3v) is 0.636. The Morgan fingerprint density at radius 1 is 1.25 bits per heavy atom. The molecule has 0 aromatic rings. The Hall–Kier alpha value is -0.120. The smallest absolute Gasteiger partial charge is 0.229 e. The molecule has 3 heteroatoms. The van der Waals surface area contributed by atoms with Crippen molar-refractivity contribution < 1.29 is 9.47 Å². The molecule has 0 fully saturated rings. The highest BCUT2D eigenvalue weighted by Gasteiger charge is 1.96. The summed E-state index contributed by atoms with van der Waals surface area (Å²) in [6, 6.07) is 0. The minimum absolute atomic E-state index is 0.536. The molecule has 0 spiro atoms. The van der Waals surface area contributed by atoms with Crippen LogP contribution in [0.2, 0.25) is 0 Å². The number of hydrogen-bond acceptors (Lipinski definition) is 2. The molecule has 0 aliphatic carbocycles. The van der Waals surface area contributed by atoms with Crippen molar-refractivity contribution in [1.29, 1.82) is 0 Å². The van der Waals surface area contributed by atoms with Crippen LogP contribution in [0.4, 0.5) is 0 Å². The summed E-state index contributed by atoms with van der Waals surface area (Å²) in [6.45, 7) is 4.74. The van der Waals surface area contributed by atoms with Crippen LogP contribution >= 0.6 is 0 Å². The van der Waals surface area contributed by atoms with Crippen LogP contribution in [0, 0.1) is 0 Å². The van der Waals surface area contributed by atoms with Crippen LogP contribution in [0.25, 0.3) is 0 Å². The largest absolute Gasteiger partial charge is 0.339 e. The molecule has 0 bridgehead atoms. The highest BCUT2D eigenvalue weighted by Crippen LogP contribution is 1.85. The lowest BCUT2D eigenvalue weighted by atomic mass is 10.8. The second-order valence-corrected chi connectivity index (χ2v) is 1.24. The molecule has 0 aromatic carbocycles. The predicted molar refractivity (Wildman–Crippen MR) is 30.1 cm³/mol. The second kappa shape index (κ2) is 5.03. The quantitative estimate of drug-likeness (QED) is 0.508. The van der Waals surface area contributed by atoms with Crippen LogP contribution < -0.4 is 5.73 Å². The molecular formula is C5H12NO2. The molecule has 1 N–H and O–H groups in total. The van der Waals surface area contributed by atoms with E-state index in [0.29, 0.717) is 13.2 Å². The van der Waals surface area contributed by atoms with Crippen molar-refractivity contribution in [2.24, 2.45) is 0 Å². The summed E-state index contributed by atoms with van der Waals surface area (Å²) in [5, 5.41) is 0. The SMILES string of the molecule is CCOC([NH])OCC. The van der Waals surface area contributed by atoms with Crippen molar-refractivity contribution in [3.63, 3.8) is 0 Å². The zero-order chi connectivity index (χ0) is 6.41. The average molecular weight is 118 g/mol. The van der Waals surface area contributed by atoms with Gasteiger partial charge in [-0.3, -0.25) is 0 Å². The van der Waals surface area contributed by atoms with E-state index >= 15 is 0 Å². The topological polar surface area (TPSA) is 42.3 Å². The number of nitrogens with one attached hydrogen (secondary N) is 1. The molecular weight excluding hydrogens is 106 g/mol. The normalized spacial score (nSPS) is 10.5. The zero-order valence-corrected chi connectivity index (χ0v) is 5.31. The minimum Gasteiger partial charge on any atom is -0.339 e. The summed E-state index contributed by atoms with van der Waals surface area (Å²) in [4.78, 5) is 0. The van der Waals surface area contributed by atoms with Crippen molar-refractivity contribution in [2.75, 3.05) is 13.2 Å². The summed E-state index contributed by atoms with van der Waals surface area (Å²) >= 11 is 0. The molecule has 8 heavy (non-hydrogen) atoms. The van der Waals surface area contributed by atoms with Gasteiger partial charge < -0.3 is 9.47 Å². The number of ether oxygens (including phenoxy) is 2. The van der Waals surface area contributed by atoms with Gasteiger partial charge in [0.25, 0.3) is 0 Å². The molecule has 0 amide bonds. The second-order valence-electron chi connectivity index (χ2n) is 1.24. The van der Waals surface area contributed by atoms with E-state index in [1.807, 2.05) is 13.8 Å². The van der Waals surface area contributed by atoms with Crippen LogP contribution in [-0.2, 0) is 9.47 Å². The summed E-state index contributed by atoms with van der Waals surface area (Å²) in [5.41, 5.74) is 6.93. The molecule has 0 heterocycles. The van der Waals surface area contributed by atoms with E-state index in [1.165, 1.54) is 0 Å². The van der Waals surface area contributed by atoms with Crippen LogP contribution in [0.15, 0.2) is 0 Å². The first-order chi connectivity index (χ1) is 3.81. The Bertz CT molecular complexity index is 43.7. The lowest BCUT2D eigenvalue weighted by Crippen LogP contribution is -2.17. The summed E-state index contributed by atoms with van der Waals surface area (Å²) in [6.07, 6.45) is -0.787. The Labute approximate surface area is 49.8 Å². The van der Waals surface area contributed by atoms with E-state index < -0.39 is 6.41 Å². The van der Waals surface area contributed by atoms with Crippen molar-refractivity contribution in [1.82, 2.24) is 5.73 Å². The van der Waals surface area contributed by atoms with E-state index in [4.69, 9.17) is 15.2 Å². The van der Waals surface area contributed by atoms with Crippen LogP contribution in [0.5, 0.6) is 0 Å². The van der Waals surface area contributed by atoms with Gasteiger partial charge in [-0.15, -0.1) is 0 Å². The Balaban J connectivity index is 2.92. The van der Waals surface area contributed by atoms with Crippen molar-refractivity contribution in [3.8, 4) is 0 Å². The molecule has 0 atom stereocenters. The van der Waals surface area contributed by atoms with Gasteiger partial charge in [0.2, 0.25) is 6.41 Å². The van der Waals surface area contributed by atoms with Crippen LogP contribution in [0.3, 0.4) is 0 Å². The molecule has 0 aliphatic rings. The van der Waals surface area contributed by atoms with Crippen LogP contribution in [0.1, 0.15) is 13.8 Å². The van der Waals surface area contributed by atoms with E-state index in [0.717, 1.165) is 0 Å². The summed E-state index contributed by atoms with van der Waals surface area (Å²) in [7, 11) is 0. The molecule has 0 saturated heterocycles. The minimum atomic E-state index is -0.787. The molecule has 1 radical (unpaired) electrons. The monoisotopic (exact) mass is 118 g/mol. The molecule has 49 valence electrons. The number of rotatable bonds is 4. The first-order valence-electron chi connectivity index (χ1n) is 2.75. The van der Waals surface area contributed by atoms with Gasteiger partial charge in [0, 0.05) is 13.2 Å². The van der Waals surface area contributed by atoms with Gasteiger partial charge in [0.1, 0.15) is 0 Å². The maximum Gasteiger partial charge on any atom is 0.229 e. The zero-order valence-electron chi connectivity index (χ0n) is 5.31. The number of hydrogen-bond donors (Lipinski definition) is 0. The van der Waals surface area contributed by atoms with Crippen molar-refractivity contribution in [2.45, 2.75) is 20.3 Å². The van der Waals surface area contributed by atoms with Gasteiger partial charge in [0.15, 0.2) is 0 Å². The van der Waals surface area contributed by atoms with E-state index in [9.17, 15) is 0 Å². The summed E-state index contributed by atoms with van der Waals surface area (Å²) < 4.78 is 9.45. The molecule has 3 nitrogen and oxygen atoms in total. The lowest BCUT2D eigenvalue weighted by molar-refractivity contribution is -0.136. The highest BCUT2D eigenvalue weighted by atomic mass is 16.7. The standard InChI is InChI=1S/C5H12NO2/c1-3-7-5(6)8-4-2/h5-6H,3-4H2,1-2H3. The maximum atomic E-state index is 6.93. The van der Waals surface area contributed by atoms with Gasteiger partial charge in [-0.05, 0) is 13.8 Å². The van der Waals surface area contributed by atoms with E-state index in [1.54, 1.807) is 0 Å². The Morgan fingerprint density at radius 3 is 1.88 bits per heavy atom. The first kappa shape index (κ1) is 7.88. The fourth-order valence-electron chi connectivity index (χ4n) is 0.351. The van der Waals surface area contributed by atoms with Gasteiger partial charge in [0.05, 0.1) is 0 Å². The van der Waals surface area contributed by atoms with E-state index in [2.05, 4.69) is 0 Å². The first-order valence-corrected chi connectivity index (χ1v) is 2.75. The maximum absolute atomic E-state index is 6.93. The van der Waals surface area contributed by atoms with Gasteiger partial charge >= 0.3 is 0 Å². The molecule has 0 aliphatic heterocycles. The fraction of sp³-hybridized carbons (Fsp3) is 1.00. The van der Waals surface area contributed by atoms with Gasteiger partial charge in [-0.2, -0.15) is 0 Å². The average Bonchev–Trinajstić information content (AvgIpc) is 1.68. The molecule has 0 rings (SSSR count). The van der Waals surface area contributed by atoms with E-state index in [-0.39, 0.29) is 0 Å². The van der Waals surface area contributed by atoms with Crippen LogP contribution in [-0.4, -0.2) is 19.6 Å². The van der Waals surface area contributed by atoms with Crippen molar-refractivity contribution in [3.05, 3.63) is 0 Å². The predicted octanol–water partition coefficient (Wildman–Crippen LogP) is 0.626. The highest BCUT2D eigenvalue weighted by molar-refractivity contribution is 4.22. The van der Waals surface area contributed by atoms with Gasteiger partial charge in [-0.1, -0.05) is 0 Å². The third kappa shape index (κ3) is 4.05. The molecule has 0 aromatic heterocycles. The Morgan fingerprint density at radius 2 is 1.62 bits per heavy atom. The third-order valence-electron chi connectivity index (χ3n) is 0.636. The summed E-state index contributed by atoms with van der Waals surface area (Å²) in [5.74, 6) is 0. The molecule has 0 saturated carbocycles. The molecule has 0 unspecified atom stereocenters. The van der Waals surface area contributed by atoms with Gasteiger partial charge in [-0.25, -0.2) is 5.73 Å². The van der Waals surface area contributed by atoms with Crippen molar-refractivity contribution >= 4 is 0 Å².